The average molecular weight is 460 g/mol. The van der Waals surface area contributed by atoms with Gasteiger partial charge in [-0.3, -0.25) is 4.68 Å². The van der Waals surface area contributed by atoms with E-state index in [1.54, 1.807) is 11.1 Å². The van der Waals surface area contributed by atoms with Crippen LogP contribution in [0.4, 0.5) is 10.6 Å². The Balaban J connectivity index is 1.32. The first-order valence-corrected chi connectivity index (χ1v) is 11.5. The number of carbonyl (C=O) groups is 1. The number of aromatic amines is 1. The Morgan fingerprint density at radius 3 is 2.65 bits per heavy atom. The van der Waals surface area contributed by atoms with E-state index in [1.165, 1.54) is 0 Å². The molecule has 0 saturated carbocycles. The lowest BCUT2D eigenvalue weighted by Gasteiger charge is -2.33. The number of nitrogens with two attached hydrogens (primary N) is 1. The summed E-state index contributed by atoms with van der Waals surface area (Å²) < 4.78 is 7.48. The number of nitrogen functional groups attached to an aromatic ring is 1. The molecule has 1 amide bonds. The molecular formula is C25H29N7O2. The number of H-pyrrole nitrogens is 1. The molecule has 9 heteroatoms. The van der Waals surface area contributed by atoms with Gasteiger partial charge in [0.25, 0.3) is 0 Å². The van der Waals surface area contributed by atoms with Gasteiger partial charge in [-0.2, -0.15) is 5.10 Å². The fraction of sp³-hybridized carbons (Fsp3) is 0.360. The van der Waals surface area contributed by atoms with Crippen LogP contribution in [0.1, 0.15) is 39.7 Å². The van der Waals surface area contributed by atoms with E-state index in [4.69, 9.17) is 10.5 Å². The number of piperidine rings is 1. The second-order valence-electron chi connectivity index (χ2n) is 9.67. The predicted octanol–water partition coefficient (Wildman–Crippen LogP) is 4.64. The molecule has 3 aromatic heterocycles. The number of anilines is 1. The average Bonchev–Trinajstić information content (AvgIpc) is 3.46. The van der Waals surface area contributed by atoms with Gasteiger partial charge >= 0.3 is 6.09 Å². The maximum absolute atomic E-state index is 12.3. The molecule has 3 N–H and O–H groups in total. The second-order valence-corrected chi connectivity index (χ2v) is 9.67. The first kappa shape index (κ1) is 21.9. The number of pyridine rings is 1. The molecule has 0 atom stereocenters. The third-order valence-corrected chi connectivity index (χ3v) is 5.99. The van der Waals surface area contributed by atoms with Gasteiger partial charge in [-0.15, -0.1) is 0 Å². The summed E-state index contributed by atoms with van der Waals surface area (Å²) in [6, 6.07) is 10.1. The fourth-order valence-corrected chi connectivity index (χ4v) is 4.23. The van der Waals surface area contributed by atoms with Crippen molar-refractivity contribution in [1.29, 1.82) is 0 Å². The molecule has 1 aromatic carbocycles. The summed E-state index contributed by atoms with van der Waals surface area (Å²) in [6.07, 6.45) is 7.03. The number of likely N-dealkylation sites (tertiary alicyclic amines) is 1. The van der Waals surface area contributed by atoms with Crippen LogP contribution in [0, 0.1) is 0 Å². The molecule has 1 aliphatic rings. The minimum absolute atomic E-state index is 0.226. The minimum atomic E-state index is -0.487. The standard InChI is InChI=1S/C25H29N7O2/c1-25(2,3)34-24(33)31-10-8-18(9-11-31)32-15-17(14-28-32)16-12-19(22(26)27-13-16)23-29-20-6-4-5-7-21(20)30-23/h4-7,12-15,18H,8-11H2,1-3H3,(H2,26,27)(H,29,30). The largest absolute Gasteiger partial charge is 0.444 e. The number of amides is 1. The number of rotatable bonds is 3. The molecule has 4 aromatic rings. The second kappa shape index (κ2) is 8.48. The topological polar surface area (TPSA) is 115 Å². The molecule has 4 heterocycles. The highest BCUT2D eigenvalue weighted by Crippen LogP contribution is 2.31. The number of carbonyl (C=O) groups excluding carboxylic acids is 1. The molecule has 5 rings (SSSR count). The van der Waals surface area contributed by atoms with E-state index in [0.717, 1.165) is 40.6 Å². The number of benzene rings is 1. The van der Waals surface area contributed by atoms with Crippen LogP contribution in [-0.4, -0.2) is 54.4 Å². The molecule has 0 unspecified atom stereocenters. The summed E-state index contributed by atoms with van der Waals surface area (Å²) in [5, 5.41) is 4.60. The highest BCUT2D eigenvalue weighted by atomic mass is 16.6. The summed E-state index contributed by atoms with van der Waals surface area (Å²) >= 11 is 0. The highest BCUT2D eigenvalue weighted by Gasteiger charge is 2.28. The Hall–Kier alpha value is -3.88. The van der Waals surface area contributed by atoms with E-state index in [2.05, 4.69) is 20.1 Å². The first-order valence-electron chi connectivity index (χ1n) is 11.5. The molecule has 0 radical (unpaired) electrons. The van der Waals surface area contributed by atoms with E-state index in [0.29, 0.717) is 24.7 Å². The Morgan fingerprint density at radius 2 is 1.91 bits per heavy atom. The SMILES string of the molecule is CC(C)(C)OC(=O)N1CCC(n2cc(-c3cnc(N)c(-c4nc5ccccc5[nH]4)c3)cn2)CC1. The van der Waals surface area contributed by atoms with Crippen molar-refractivity contribution in [3.8, 4) is 22.5 Å². The lowest BCUT2D eigenvalue weighted by Crippen LogP contribution is -2.42. The van der Waals surface area contributed by atoms with Gasteiger partial charge in [-0.05, 0) is 51.8 Å². The molecule has 1 aliphatic heterocycles. The van der Waals surface area contributed by atoms with Crippen molar-refractivity contribution in [2.24, 2.45) is 0 Å². The van der Waals surface area contributed by atoms with Crippen LogP contribution in [0.15, 0.2) is 48.9 Å². The van der Waals surface area contributed by atoms with Crippen LogP contribution in [0.2, 0.25) is 0 Å². The number of nitrogens with zero attached hydrogens (tertiary/aromatic N) is 5. The Labute approximate surface area is 198 Å². The first-order chi connectivity index (χ1) is 16.3. The lowest BCUT2D eigenvalue weighted by molar-refractivity contribution is 0.0185. The van der Waals surface area contributed by atoms with Gasteiger partial charge in [0, 0.05) is 36.6 Å². The molecule has 176 valence electrons. The van der Waals surface area contributed by atoms with Gasteiger partial charge in [0.05, 0.1) is 28.8 Å². The van der Waals surface area contributed by atoms with Gasteiger partial charge in [0.1, 0.15) is 17.2 Å². The van der Waals surface area contributed by atoms with Crippen LogP contribution in [0.5, 0.6) is 0 Å². The Morgan fingerprint density at radius 1 is 1.15 bits per heavy atom. The zero-order valence-electron chi connectivity index (χ0n) is 19.7. The van der Waals surface area contributed by atoms with Crippen molar-refractivity contribution in [3.05, 3.63) is 48.9 Å². The maximum atomic E-state index is 12.3. The quantitative estimate of drug-likeness (QED) is 0.461. The third kappa shape index (κ3) is 4.46. The molecule has 1 saturated heterocycles. The normalized spacial score (nSPS) is 15.1. The van der Waals surface area contributed by atoms with E-state index < -0.39 is 5.60 Å². The maximum Gasteiger partial charge on any atom is 0.410 e. The lowest BCUT2D eigenvalue weighted by atomic mass is 10.1. The molecule has 0 aliphatic carbocycles. The summed E-state index contributed by atoms with van der Waals surface area (Å²) in [5.74, 6) is 1.11. The molecular weight excluding hydrogens is 430 g/mol. The van der Waals surface area contributed by atoms with Gasteiger partial charge in [0.15, 0.2) is 0 Å². The van der Waals surface area contributed by atoms with Crippen LogP contribution >= 0.6 is 0 Å². The fourth-order valence-electron chi connectivity index (χ4n) is 4.23. The van der Waals surface area contributed by atoms with Crippen LogP contribution < -0.4 is 5.73 Å². The smallest absolute Gasteiger partial charge is 0.410 e. The zero-order chi connectivity index (χ0) is 23.9. The van der Waals surface area contributed by atoms with Crippen molar-refractivity contribution >= 4 is 22.9 Å². The van der Waals surface area contributed by atoms with Gasteiger partial charge in [-0.1, -0.05) is 12.1 Å². The molecule has 0 bridgehead atoms. The van der Waals surface area contributed by atoms with E-state index in [1.807, 2.05) is 68.2 Å². The number of imidazole rings is 1. The molecule has 1 fully saturated rings. The number of aromatic nitrogens is 5. The van der Waals surface area contributed by atoms with Crippen molar-refractivity contribution in [3.63, 3.8) is 0 Å². The van der Waals surface area contributed by atoms with Crippen LogP contribution in [-0.2, 0) is 4.74 Å². The minimum Gasteiger partial charge on any atom is -0.444 e. The van der Waals surface area contributed by atoms with Gasteiger partial charge in [0.2, 0.25) is 0 Å². The van der Waals surface area contributed by atoms with Crippen molar-refractivity contribution in [1.82, 2.24) is 29.6 Å². The Bertz CT molecular complexity index is 1290. The Kier molecular flexibility index (Phi) is 5.47. The van der Waals surface area contributed by atoms with Crippen molar-refractivity contribution in [2.45, 2.75) is 45.3 Å². The van der Waals surface area contributed by atoms with Crippen LogP contribution in [0.25, 0.3) is 33.5 Å². The number of hydrogen-bond acceptors (Lipinski definition) is 6. The predicted molar refractivity (Wildman–Crippen MR) is 131 cm³/mol. The third-order valence-electron chi connectivity index (χ3n) is 5.99. The monoisotopic (exact) mass is 459 g/mol. The molecule has 0 spiro atoms. The number of ether oxygens (including phenoxy) is 1. The molecule has 9 nitrogen and oxygen atoms in total. The summed E-state index contributed by atoms with van der Waals surface area (Å²) in [5.41, 5.74) is 10.2. The van der Waals surface area contributed by atoms with E-state index in [-0.39, 0.29) is 12.1 Å². The molecule has 34 heavy (non-hydrogen) atoms. The van der Waals surface area contributed by atoms with Crippen LogP contribution in [0.3, 0.4) is 0 Å². The van der Waals surface area contributed by atoms with Crippen molar-refractivity contribution < 1.29 is 9.53 Å². The number of hydrogen-bond donors (Lipinski definition) is 2. The van der Waals surface area contributed by atoms with Gasteiger partial charge in [-0.25, -0.2) is 14.8 Å². The van der Waals surface area contributed by atoms with E-state index in [9.17, 15) is 4.79 Å². The van der Waals surface area contributed by atoms with E-state index >= 15 is 0 Å². The highest BCUT2D eigenvalue weighted by molar-refractivity contribution is 5.83. The summed E-state index contributed by atoms with van der Waals surface area (Å²) in [7, 11) is 0. The summed E-state index contributed by atoms with van der Waals surface area (Å²) in [6.45, 7) is 6.95. The number of nitrogens with one attached hydrogen (secondary N) is 1. The summed E-state index contributed by atoms with van der Waals surface area (Å²) in [4.78, 5) is 26.5. The zero-order valence-corrected chi connectivity index (χ0v) is 19.7. The van der Waals surface area contributed by atoms with Gasteiger partial charge < -0.3 is 20.4 Å². The number of fused-ring (bicyclic) bond motifs is 1. The number of para-hydroxylation sites is 2. The van der Waals surface area contributed by atoms with Crippen molar-refractivity contribution in [2.75, 3.05) is 18.8 Å².